The third-order valence-electron chi connectivity index (χ3n) is 2.23. The van der Waals surface area contributed by atoms with Crippen LogP contribution in [0.15, 0.2) is 32.5 Å². The number of hydrogen-bond donors (Lipinski definition) is 0. The maximum Gasteiger partial charge on any atom is 0.433 e. The first kappa shape index (κ1) is 11.9. The minimum Gasteiger partial charge on any atom is -0.397 e. The first-order valence-corrected chi connectivity index (χ1v) is 6.22. The van der Waals surface area contributed by atoms with Gasteiger partial charge in [-0.1, -0.05) is 16.8 Å². The molecule has 96 valence electrons. The lowest BCUT2D eigenvalue weighted by Crippen LogP contribution is -1.83. The van der Waals surface area contributed by atoms with Crippen molar-refractivity contribution in [1.29, 1.82) is 0 Å². The molecule has 3 heterocycles. The molecule has 0 saturated heterocycles. The molecule has 0 aromatic carbocycles. The first-order chi connectivity index (χ1) is 9.15. The Morgan fingerprint density at radius 3 is 2.84 bits per heavy atom. The summed E-state index contributed by atoms with van der Waals surface area (Å²) in [6.45, 7) is 0. The highest BCUT2D eigenvalue weighted by atomic mass is 35.5. The molecule has 0 bridgehead atoms. The summed E-state index contributed by atoms with van der Waals surface area (Å²) < 4.78 is 10.0. The molecule has 3 aromatic rings. The normalized spacial score (nSPS) is 10.8. The van der Waals surface area contributed by atoms with E-state index in [1.165, 1.54) is 23.5 Å². The molecular formula is C10H4ClN3O4S. The maximum absolute atomic E-state index is 10.5. The molecule has 0 spiro atoms. The van der Waals surface area contributed by atoms with Crippen molar-refractivity contribution in [3.8, 4) is 22.4 Å². The Morgan fingerprint density at radius 1 is 1.37 bits per heavy atom. The van der Waals surface area contributed by atoms with Gasteiger partial charge in [-0.05, 0) is 17.5 Å². The molecule has 0 aliphatic rings. The van der Waals surface area contributed by atoms with Crippen LogP contribution in [0.1, 0.15) is 0 Å². The molecule has 0 fully saturated rings. The summed E-state index contributed by atoms with van der Waals surface area (Å²) in [4.78, 5) is 14.6. The Labute approximate surface area is 114 Å². The van der Waals surface area contributed by atoms with Crippen LogP contribution in [0.5, 0.6) is 0 Å². The van der Waals surface area contributed by atoms with Crippen LogP contribution in [0.25, 0.3) is 22.4 Å². The summed E-state index contributed by atoms with van der Waals surface area (Å²) in [6.07, 6.45) is 0. The van der Waals surface area contributed by atoms with Crippen LogP contribution in [-0.4, -0.2) is 15.1 Å². The third kappa shape index (κ3) is 2.11. The molecule has 19 heavy (non-hydrogen) atoms. The van der Waals surface area contributed by atoms with Crippen molar-refractivity contribution >= 4 is 28.8 Å². The highest BCUT2D eigenvalue weighted by molar-refractivity contribution is 7.14. The van der Waals surface area contributed by atoms with Crippen molar-refractivity contribution < 1.29 is 13.9 Å². The Kier molecular flexibility index (Phi) is 2.80. The predicted molar refractivity (Wildman–Crippen MR) is 67.0 cm³/mol. The van der Waals surface area contributed by atoms with Gasteiger partial charge < -0.3 is 8.94 Å². The van der Waals surface area contributed by atoms with Crippen molar-refractivity contribution in [3.05, 3.63) is 38.7 Å². The molecule has 3 aromatic heterocycles. The van der Waals surface area contributed by atoms with E-state index in [1.807, 2.05) is 0 Å². The average Bonchev–Trinajstić information content (AvgIpc) is 3.07. The van der Waals surface area contributed by atoms with Gasteiger partial charge in [-0.25, -0.2) is 0 Å². The number of furan rings is 1. The third-order valence-corrected chi connectivity index (χ3v) is 3.56. The lowest BCUT2D eigenvalue weighted by Gasteiger charge is -1.87. The minimum absolute atomic E-state index is 0.132. The number of hydrogen-bond acceptors (Lipinski definition) is 7. The summed E-state index contributed by atoms with van der Waals surface area (Å²) in [6, 6.07) is 4.34. The lowest BCUT2D eigenvalue weighted by atomic mass is 10.4. The van der Waals surface area contributed by atoms with E-state index >= 15 is 0 Å². The van der Waals surface area contributed by atoms with Crippen LogP contribution in [0.2, 0.25) is 5.02 Å². The van der Waals surface area contributed by atoms with Gasteiger partial charge in [-0.15, -0.1) is 11.3 Å². The fourth-order valence-electron chi connectivity index (χ4n) is 1.41. The van der Waals surface area contributed by atoms with Crippen LogP contribution in [0, 0.1) is 10.1 Å². The minimum atomic E-state index is -0.638. The number of rotatable bonds is 3. The SMILES string of the molecule is O=[N+]([O-])c1ccc(-c2noc(-c3sccc3Cl)n2)o1. The average molecular weight is 298 g/mol. The number of halogens is 1. The van der Waals surface area contributed by atoms with E-state index in [2.05, 4.69) is 10.1 Å². The molecule has 0 atom stereocenters. The van der Waals surface area contributed by atoms with E-state index in [0.29, 0.717) is 9.90 Å². The van der Waals surface area contributed by atoms with E-state index in [4.69, 9.17) is 20.5 Å². The van der Waals surface area contributed by atoms with Crippen LogP contribution in [-0.2, 0) is 0 Å². The number of thiophene rings is 1. The molecule has 0 unspecified atom stereocenters. The van der Waals surface area contributed by atoms with Crippen LogP contribution in [0.4, 0.5) is 5.88 Å². The molecule has 0 N–H and O–H groups in total. The smallest absolute Gasteiger partial charge is 0.397 e. The Balaban J connectivity index is 1.97. The van der Waals surface area contributed by atoms with Crippen LogP contribution < -0.4 is 0 Å². The summed E-state index contributed by atoms with van der Waals surface area (Å²) in [5.74, 6) is 0.159. The van der Waals surface area contributed by atoms with Gasteiger partial charge >= 0.3 is 5.88 Å². The van der Waals surface area contributed by atoms with Crippen molar-refractivity contribution in [2.24, 2.45) is 0 Å². The van der Waals surface area contributed by atoms with Crippen LogP contribution in [0.3, 0.4) is 0 Å². The fourth-order valence-corrected chi connectivity index (χ4v) is 2.46. The van der Waals surface area contributed by atoms with E-state index in [1.54, 1.807) is 11.4 Å². The van der Waals surface area contributed by atoms with Gasteiger partial charge in [0, 0.05) is 0 Å². The second-order valence-electron chi connectivity index (χ2n) is 3.42. The fraction of sp³-hybridized carbons (Fsp3) is 0. The van der Waals surface area contributed by atoms with Crippen molar-refractivity contribution in [3.63, 3.8) is 0 Å². The standard InChI is InChI=1S/C10H4ClN3O4S/c11-5-3-4-19-8(5)10-12-9(13-18-10)6-1-2-7(17-6)14(15)16/h1-4H. The molecule has 9 heteroatoms. The van der Waals surface area contributed by atoms with Gasteiger partial charge in [0.15, 0.2) is 5.76 Å². The van der Waals surface area contributed by atoms with Gasteiger partial charge in [-0.3, -0.25) is 10.1 Å². The van der Waals surface area contributed by atoms with E-state index in [0.717, 1.165) is 0 Å². The Hall–Kier alpha value is -2.19. The molecule has 3 rings (SSSR count). The van der Waals surface area contributed by atoms with Crippen molar-refractivity contribution in [2.45, 2.75) is 0 Å². The first-order valence-electron chi connectivity index (χ1n) is 4.97. The number of nitro groups is 1. The van der Waals surface area contributed by atoms with Crippen molar-refractivity contribution in [2.75, 3.05) is 0 Å². The maximum atomic E-state index is 10.5. The molecule has 0 aliphatic carbocycles. The Bertz CT molecular complexity index is 747. The lowest BCUT2D eigenvalue weighted by molar-refractivity contribution is -0.401. The largest absolute Gasteiger partial charge is 0.433 e. The number of aromatic nitrogens is 2. The van der Waals surface area contributed by atoms with E-state index < -0.39 is 4.92 Å². The summed E-state index contributed by atoms with van der Waals surface area (Å²) in [5.41, 5.74) is 0. The summed E-state index contributed by atoms with van der Waals surface area (Å²) in [5, 5.41) is 16.5. The molecule has 0 radical (unpaired) electrons. The summed E-state index contributed by atoms with van der Waals surface area (Å²) in [7, 11) is 0. The Morgan fingerprint density at radius 2 is 2.21 bits per heavy atom. The zero-order valence-corrected chi connectivity index (χ0v) is 10.6. The number of nitrogens with zero attached hydrogens (tertiary/aromatic N) is 3. The van der Waals surface area contributed by atoms with E-state index in [-0.39, 0.29) is 23.4 Å². The zero-order valence-electron chi connectivity index (χ0n) is 9.07. The van der Waals surface area contributed by atoms with E-state index in [9.17, 15) is 10.1 Å². The quantitative estimate of drug-likeness (QED) is 0.541. The highest BCUT2D eigenvalue weighted by Gasteiger charge is 2.19. The van der Waals surface area contributed by atoms with Gasteiger partial charge in [0.05, 0.1) is 11.1 Å². The second-order valence-corrected chi connectivity index (χ2v) is 4.74. The molecular weight excluding hydrogens is 294 g/mol. The van der Waals surface area contributed by atoms with Gasteiger partial charge in [0.1, 0.15) is 9.80 Å². The zero-order chi connectivity index (χ0) is 13.4. The molecule has 0 aliphatic heterocycles. The highest BCUT2D eigenvalue weighted by Crippen LogP contribution is 2.33. The summed E-state index contributed by atoms with van der Waals surface area (Å²) >= 11 is 7.30. The van der Waals surface area contributed by atoms with Gasteiger partial charge in [0.25, 0.3) is 5.89 Å². The van der Waals surface area contributed by atoms with Crippen LogP contribution >= 0.6 is 22.9 Å². The molecule has 7 nitrogen and oxygen atoms in total. The topological polar surface area (TPSA) is 95.2 Å². The predicted octanol–water partition coefficient (Wildman–Crippen LogP) is 3.62. The van der Waals surface area contributed by atoms with Crippen molar-refractivity contribution in [1.82, 2.24) is 10.1 Å². The van der Waals surface area contributed by atoms with Gasteiger partial charge in [0.2, 0.25) is 5.82 Å². The molecule has 0 saturated carbocycles. The second kappa shape index (κ2) is 4.48. The van der Waals surface area contributed by atoms with Gasteiger partial charge in [-0.2, -0.15) is 4.98 Å². The molecule has 0 amide bonds. The monoisotopic (exact) mass is 297 g/mol.